The van der Waals surface area contributed by atoms with E-state index in [-0.39, 0.29) is 11.9 Å². The van der Waals surface area contributed by atoms with E-state index in [1.54, 1.807) is 4.90 Å². The molecular formula is C16H14N2O2. The Morgan fingerprint density at radius 2 is 1.50 bits per heavy atom. The van der Waals surface area contributed by atoms with Crippen LogP contribution in [-0.2, 0) is 11.3 Å². The summed E-state index contributed by atoms with van der Waals surface area (Å²) < 4.78 is 0. The number of carbonyl (C=O) groups is 2. The maximum atomic E-state index is 12.0. The minimum Gasteiger partial charge on any atom is -0.304 e. The predicted molar refractivity (Wildman–Crippen MR) is 74.7 cm³/mol. The van der Waals surface area contributed by atoms with E-state index in [1.807, 2.05) is 60.7 Å². The molecule has 1 aliphatic rings. The number of amides is 3. The molecule has 0 spiro atoms. The second-order valence-electron chi connectivity index (χ2n) is 4.72. The Morgan fingerprint density at radius 1 is 0.900 bits per heavy atom. The molecule has 3 rings (SSSR count). The zero-order valence-electron chi connectivity index (χ0n) is 10.8. The van der Waals surface area contributed by atoms with Gasteiger partial charge in [0, 0.05) is 6.54 Å². The van der Waals surface area contributed by atoms with E-state index >= 15 is 0 Å². The molecule has 0 saturated carbocycles. The predicted octanol–water partition coefficient (Wildman–Crippen LogP) is 2.48. The maximum absolute atomic E-state index is 12.0. The molecule has 3 amide bonds. The lowest BCUT2D eigenvalue weighted by Crippen LogP contribution is -2.29. The lowest BCUT2D eigenvalue weighted by Gasteiger charge is -2.22. The SMILES string of the molecule is O=C1NC(=O)N(Cc2ccccc2)C1c1ccccc1. The first-order valence-electron chi connectivity index (χ1n) is 6.46. The maximum Gasteiger partial charge on any atom is 0.325 e. The molecule has 1 saturated heterocycles. The lowest BCUT2D eigenvalue weighted by atomic mass is 10.1. The topological polar surface area (TPSA) is 49.4 Å². The van der Waals surface area contributed by atoms with Crippen LogP contribution in [-0.4, -0.2) is 16.8 Å². The van der Waals surface area contributed by atoms with Gasteiger partial charge in [0.15, 0.2) is 0 Å². The third-order valence-electron chi connectivity index (χ3n) is 3.36. The first-order chi connectivity index (χ1) is 9.75. The van der Waals surface area contributed by atoms with Gasteiger partial charge in [0.1, 0.15) is 6.04 Å². The van der Waals surface area contributed by atoms with E-state index in [2.05, 4.69) is 5.32 Å². The van der Waals surface area contributed by atoms with Crippen molar-refractivity contribution in [1.82, 2.24) is 10.2 Å². The van der Waals surface area contributed by atoms with Crippen LogP contribution in [0.5, 0.6) is 0 Å². The second kappa shape index (κ2) is 5.17. The summed E-state index contributed by atoms with van der Waals surface area (Å²) in [5, 5.41) is 2.38. The van der Waals surface area contributed by atoms with Crippen LogP contribution in [0, 0.1) is 0 Å². The Bertz CT molecular complexity index is 625. The summed E-state index contributed by atoms with van der Waals surface area (Å²) in [5.74, 6) is -0.267. The van der Waals surface area contributed by atoms with E-state index in [1.165, 1.54) is 0 Å². The van der Waals surface area contributed by atoms with E-state index in [4.69, 9.17) is 0 Å². The number of urea groups is 1. The zero-order chi connectivity index (χ0) is 13.9. The van der Waals surface area contributed by atoms with E-state index in [9.17, 15) is 9.59 Å². The number of benzene rings is 2. The molecule has 0 radical (unpaired) electrons. The van der Waals surface area contributed by atoms with Gasteiger partial charge in [0.25, 0.3) is 5.91 Å². The molecule has 0 aromatic heterocycles. The van der Waals surface area contributed by atoms with Crippen LogP contribution >= 0.6 is 0 Å². The van der Waals surface area contributed by atoms with Gasteiger partial charge in [0.2, 0.25) is 0 Å². The van der Waals surface area contributed by atoms with Crippen molar-refractivity contribution in [2.24, 2.45) is 0 Å². The summed E-state index contributed by atoms with van der Waals surface area (Å²) in [6.07, 6.45) is 0. The minimum absolute atomic E-state index is 0.267. The Balaban J connectivity index is 1.91. The number of hydrogen-bond acceptors (Lipinski definition) is 2. The third-order valence-corrected chi connectivity index (χ3v) is 3.36. The quantitative estimate of drug-likeness (QED) is 0.868. The zero-order valence-corrected chi connectivity index (χ0v) is 10.8. The van der Waals surface area contributed by atoms with Gasteiger partial charge in [-0.25, -0.2) is 4.79 Å². The Hall–Kier alpha value is -2.62. The monoisotopic (exact) mass is 266 g/mol. The van der Waals surface area contributed by atoms with Crippen LogP contribution in [0.15, 0.2) is 60.7 Å². The highest BCUT2D eigenvalue weighted by Gasteiger charge is 2.39. The molecule has 0 bridgehead atoms. The Labute approximate surface area is 117 Å². The summed E-state index contributed by atoms with van der Waals surface area (Å²) >= 11 is 0. The van der Waals surface area contributed by atoms with Crippen molar-refractivity contribution in [3.63, 3.8) is 0 Å². The lowest BCUT2D eigenvalue weighted by molar-refractivity contribution is -0.121. The van der Waals surface area contributed by atoms with Gasteiger partial charge in [-0.15, -0.1) is 0 Å². The molecule has 100 valence electrons. The highest BCUT2D eigenvalue weighted by Crippen LogP contribution is 2.27. The fourth-order valence-corrected chi connectivity index (χ4v) is 2.41. The smallest absolute Gasteiger partial charge is 0.304 e. The van der Waals surface area contributed by atoms with Gasteiger partial charge in [-0.05, 0) is 11.1 Å². The van der Waals surface area contributed by atoms with Gasteiger partial charge in [-0.2, -0.15) is 0 Å². The highest BCUT2D eigenvalue weighted by molar-refractivity contribution is 6.04. The summed E-state index contributed by atoms with van der Waals surface area (Å²) in [4.78, 5) is 25.5. The number of imide groups is 1. The van der Waals surface area contributed by atoms with Crippen molar-refractivity contribution in [2.45, 2.75) is 12.6 Å². The fourth-order valence-electron chi connectivity index (χ4n) is 2.41. The van der Waals surface area contributed by atoms with Crippen LogP contribution in [0.1, 0.15) is 17.2 Å². The molecule has 1 heterocycles. The van der Waals surface area contributed by atoms with Gasteiger partial charge < -0.3 is 4.90 Å². The summed E-state index contributed by atoms with van der Waals surface area (Å²) in [7, 11) is 0. The molecule has 0 aliphatic carbocycles. The van der Waals surface area contributed by atoms with Gasteiger partial charge in [-0.3, -0.25) is 10.1 Å². The molecule has 4 heteroatoms. The van der Waals surface area contributed by atoms with Crippen LogP contribution in [0.2, 0.25) is 0 Å². The van der Waals surface area contributed by atoms with Crippen molar-refractivity contribution in [3.8, 4) is 0 Å². The number of carbonyl (C=O) groups excluding carboxylic acids is 2. The minimum atomic E-state index is -0.552. The average molecular weight is 266 g/mol. The Morgan fingerprint density at radius 3 is 2.15 bits per heavy atom. The van der Waals surface area contributed by atoms with Crippen molar-refractivity contribution in [2.75, 3.05) is 0 Å². The van der Waals surface area contributed by atoms with Gasteiger partial charge in [0.05, 0.1) is 0 Å². The molecule has 1 N–H and O–H groups in total. The molecular weight excluding hydrogens is 252 g/mol. The number of rotatable bonds is 3. The van der Waals surface area contributed by atoms with Crippen LogP contribution in [0.4, 0.5) is 4.79 Å². The molecule has 2 aromatic carbocycles. The summed E-state index contributed by atoms with van der Waals surface area (Å²) in [6.45, 7) is 0.415. The number of nitrogens with one attached hydrogen (secondary N) is 1. The first kappa shape index (κ1) is 12.4. The molecule has 1 atom stereocenters. The number of hydrogen-bond donors (Lipinski definition) is 1. The van der Waals surface area contributed by atoms with Gasteiger partial charge in [-0.1, -0.05) is 60.7 Å². The highest BCUT2D eigenvalue weighted by atomic mass is 16.2. The van der Waals surface area contributed by atoms with Crippen molar-refractivity contribution < 1.29 is 9.59 Å². The molecule has 1 fully saturated rings. The van der Waals surface area contributed by atoms with Crippen LogP contribution < -0.4 is 5.32 Å². The standard InChI is InChI=1S/C16H14N2O2/c19-15-14(13-9-5-2-6-10-13)18(16(20)17-15)11-12-7-3-1-4-8-12/h1-10,14H,11H2,(H,17,19,20). The van der Waals surface area contributed by atoms with Gasteiger partial charge >= 0.3 is 6.03 Å². The first-order valence-corrected chi connectivity index (χ1v) is 6.46. The van der Waals surface area contributed by atoms with Crippen LogP contribution in [0.3, 0.4) is 0 Å². The van der Waals surface area contributed by atoms with E-state index in [0.29, 0.717) is 6.54 Å². The van der Waals surface area contributed by atoms with Crippen molar-refractivity contribution >= 4 is 11.9 Å². The van der Waals surface area contributed by atoms with E-state index in [0.717, 1.165) is 11.1 Å². The number of nitrogens with zero attached hydrogens (tertiary/aromatic N) is 1. The second-order valence-corrected chi connectivity index (χ2v) is 4.72. The third kappa shape index (κ3) is 2.28. The molecule has 20 heavy (non-hydrogen) atoms. The summed E-state index contributed by atoms with van der Waals surface area (Å²) in [5.41, 5.74) is 1.82. The molecule has 4 nitrogen and oxygen atoms in total. The molecule has 1 aliphatic heterocycles. The fraction of sp³-hybridized carbons (Fsp3) is 0.125. The molecule has 2 aromatic rings. The largest absolute Gasteiger partial charge is 0.325 e. The van der Waals surface area contributed by atoms with E-state index < -0.39 is 6.04 Å². The summed E-state index contributed by atoms with van der Waals surface area (Å²) in [6, 6.07) is 18.1. The molecule has 1 unspecified atom stereocenters. The normalized spacial score (nSPS) is 18.2. The van der Waals surface area contributed by atoms with Crippen LogP contribution in [0.25, 0.3) is 0 Å². The Kier molecular flexibility index (Phi) is 3.21. The van der Waals surface area contributed by atoms with Crippen molar-refractivity contribution in [1.29, 1.82) is 0 Å². The average Bonchev–Trinajstić information content (AvgIpc) is 2.75. The van der Waals surface area contributed by atoms with Crippen molar-refractivity contribution in [3.05, 3.63) is 71.8 Å².